The van der Waals surface area contributed by atoms with Gasteiger partial charge in [0, 0.05) is 18.2 Å². The van der Waals surface area contributed by atoms with Crippen LogP contribution in [0, 0.1) is 5.82 Å². The molecule has 0 aromatic heterocycles. The SMILES string of the molecule is CCCCOc1ccc(C(=O)Nc2ccc(F)c(NC(C)=O)c2)cc1. The number of hydrogen-bond donors (Lipinski definition) is 2. The molecule has 0 bridgehead atoms. The first-order chi connectivity index (χ1) is 12.0. The lowest BCUT2D eigenvalue weighted by Gasteiger charge is -2.10. The minimum Gasteiger partial charge on any atom is -0.494 e. The average Bonchev–Trinajstić information content (AvgIpc) is 2.58. The summed E-state index contributed by atoms with van der Waals surface area (Å²) in [5.74, 6) is -0.581. The molecule has 0 unspecified atom stereocenters. The number of ether oxygens (including phenoxy) is 1. The number of hydrogen-bond acceptors (Lipinski definition) is 3. The number of carbonyl (C=O) groups is 2. The van der Waals surface area contributed by atoms with E-state index in [4.69, 9.17) is 4.74 Å². The predicted octanol–water partition coefficient (Wildman–Crippen LogP) is 4.22. The van der Waals surface area contributed by atoms with Crippen molar-refractivity contribution in [2.45, 2.75) is 26.7 Å². The fraction of sp³-hybridized carbons (Fsp3) is 0.263. The third-order valence-corrected chi connectivity index (χ3v) is 3.42. The minimum atomic E-state index is -0.568. The highest BCUT2D eigenvalue weighted by Gasteiger charge is 2.09. The van der Waals surface area contributed by atoms with Crippen molar-refractivity contribution in [2.24, 2.45) is 0 Å². The van der Waals surface area contributed by atoms with Gasteiger partial charge in [-0.3, -0.25) is 9.59 Å². The number of benzene rings is 2. The Morgan fingerprint density at radius 3 is 2.44 bits per heavy atom. The number of nitrogens with one attached hydrogen (secondary N) is 2. The highest BCUT2D eigenvalue weighted by atomic mass is 19.1. The van der Waals surface area contributed by atoms with Crippen LogP contribution < -0.4 is 15.4 Å². The second-order valence-corrected chi connectivity index (χ2v) is 5.56. The van der Waals surface area contributed by atoms with Crippen LogP contribution in [0.4, 0.5) is 15.8 Å². The third kappa shape index (κ3) is 5.60. The summed E-state index contributed by atoms with van der Waals surface area (Å²) >= 11 is 0. The van der Waals surface area contributed by atoms with Crippen molar-refractivity contribution in [1.29, 1.82) is 0 Å². The van der Waals surface area contributed by atoms with E-state index in [0.717, 1.165) is 12.8 Å². The molecule has 2 aromatic carbocycles. The smallest absolute Gasteiger partial charge is 0.255 e. The van der Waals surface area contributed by atoms with Crippen molar-refractivity contribution in [3.63, 3.8) is 0 Å². The van der Waals surface area contributed by atoms with E-state index in [-0.39, 0.29) is 17.5 Å². The minimum absolute atomic E-state index is 0.0185. The standard InChI is InChI=1S/C19H21FN2O3/c1-3-4-11-25-16-8-5-14(6-9-16)19(24)22-15-7-10-17(20)18(12-15)21-13(2)23/h5-10,12H,3-4,11H2,1-2H3,(H,21,23)(H,22,24). The summed E-state index contributed by atoms with van der Waals surface area (Å²) in [7, 11) is 0. The van der Waals surface area contributed by atoms with Gasteiger partial charge in [-0.25, -0.2) is 4.39 Å². The summed E-state index contributed by atoms with van der Waals surface area (Å²) in [5.41, 5.74) is 0.858. The van der Waals surface area contributed by atoms with Crippen LogP contribution in [-0.2, 0) is 4.79 Å². The van der Waals surface area contributed by atoms with Crippen LogP contribution in [0.2, 0.25) is 0 Å². The summed E-state index contributed by atoms with van der Waals surface area (Å²) in [4.78, 5) is 23.3. The number of amides is 2. The van der Waals surface area contributed by atoms with Crippen LogP contribution in [0.1, 0.15) is 37.0 Å². The van der Waals surface area contributed by atoms with E-state index < -0.39 is 5.82 Å². The van der Waals surface area contributed by atoms with Gasteiger partial charge in [0.1, 0.15) is 11.6 Å². The van der Waals surface area contributed by atoms with Crippen molar-refractivity contribution in [2.75, 3.05) is 17.2 Å². The highest BCUT2D eigenvalue weighted by Crippen LogP contribution is 2.21. The van der Waals surface area contributed by atoms with Crippen molar-refractivity contribution in [3.05, 3.63) is 53.8 Å². The Bertz CT molecular complexity index is 745. The van der Waals surface area contributed by atoms with Gasteiger partial charge < -0.3 is 15.4 Å². The fourth-order valence-electron chi connectivity index (χ4n) is 2.13. The molecule has 0 aliphatic carbocycles. The first kappa shape index (κ1) is 18.4. The Morgan fingerprint density at radius 2 is 1.80 bits per heavy atom. The maximum atomic E-state index is 13.6. The van der Waals surface area contributed by atoms with Gasteiger partial charge in [0.2, 0.25) is 5.91 Å². The maximum Gasteiger partial charge on any atom is 0.255 e. The Balaban J connectivity index is 2.03. The van der Waals surface area contributed by atoms with Gasteiger partial charge in [0.05, 0.1) is 12.3 Å². The molecule has 0 atom stereocenters. The zero-order valence-corrected chi connectivity index (χ0v) is 14.3. The predicted molar refractivity (Wildman–Crippen MR) is 95.5 cm³/mol. The number of carbonyl (C=O) groups excluding carboxylic acids is 2. The molecule has 0 aliphatic rings. The number of rotatable bonds is 7. The molecule has 2 N–H and O–H groups in total. The van der Waals surface area contributed by atoms with Crippen molar-refractivity contribution in [3.8, 4) is 5.75 Å². The van der Waals surface area contributed by atoms with Crippen molar-refractivity contribution in [1.82, 2.24) is 0 Å². The van der Waals surface area contributed by atoms with Crippen LogP contribution in [0.15, 0.2) is 42.5 Å². The monoisotopic (exact) mass is 344 g/mol. The lowest BCUT2D eigenvalue weighted by Crippen LogP contribution is -2.13. The first-order valence-corrected chi connectivity index (χ1v) is 8.11. The van der Waals surface area contributed by atoms with E-state index in [2.05, 4.69) is 17.6 Å². The molecule has 5 nitrogen and oxygen atoms in total. The fourth-order valence-corrected chi connectivity index (χ4v) is 2.13. The van der Waals surface area contributed by atoms with Gasteiger partial charge in [-0.05, 0) is 48.9 Å². The summed E-state index contributed by atoms with van der Waals surface area (Å²) < 4.78 is 19.2. The molecule has 25 heavy (non-hydrogen) atoms. The molecular weight excluding hydrogens is 323 g/mol. The van der Waals surface area contributed by atoms with Gasteiger partial charge in [-0.1, -0.05) is 13.3 Å². The average molecular weight is 344 g/mol. The van der Waals surface area contributed by atoms with Crippen LogP contribution in [0.25, 0.3) is 0 Å². The molecule has 0 saturated carbocycles. The van der Waals surface area contributed by atoms with Crippen LogP contribution in [0.5, 0.6) is 5.75 Å². The maximum absolute atomic E-state index is 13.6. The third-order valence-electron chi connectivity index (χ3n) is 3.42. The zero-order valence-electron chi connectivity index (χ0n) is 14.3. The number of unbranched alkanes of at least 4 members (excludes halogenated alkanes) is 1. The van der Waals surface area contributed by atoms with E-state index in [1.807, 2.05) is 0 Å². The molecule has 2 aromatic rings. The Kier molecular flexibility index (Phi) is 6.51. The van der Waals surface area contributed by atoms with Gasteiger partial charge in [-0.15, -0.1) is 0 Å². The van der Waals surface area contributed by atoms with E-state index in [0.29, 0.717) is 23.6 Å². The Morgan fingerprint density at radius 1 is 1.08 bits per heavy atom. The summed E-state index contributed by atoms with van der Waals surface area (Å²) in [6.45, 7) is 4.02. The second-order valence-electron chi connectivity index (χ2n) is 5.56. The summed E-state index contributed by atoms with van der Waals surface area (Å²) in [6, 6.07) is 10.8. The molecule has 0 radical (unpaired) electrons. The highest BCUT2D eigenvalue weighted by molar-refractivity contribution is 6.04. The normalized spacial score (nSPS) is 10.2. The zero-order chi connectivity index (χ0) is 18.2. The van der Waals surface area contributed by atoms with Crippen molar-refractivity contribution < 1.29 is 18.7 Å². The molecule has 132 valence electrons. The Hall–Kier alpha value is -2.89. The molecule has 2 rings (SSSR count). The van der Waals surface area contributed by atoms with Gasteiger partial charge in [-0.2, -0.15) is 0 Å². The van der Waals surface area contributed by atoms with E-state index >= 15 is 0 Å². The molecular formula is C19H21FN2O3. The summed E-state index contributed by atoms with van der Waals surface area (Å²) in [5, 5.41) is 5.05. The molecule has 0 saturated heterocycles. The molecule has 0 fully saturated rings. The quantitative estimate of drug-likeness (QED) is 0.739. The van der Waals surface area contributed by atoms with Crippen LogP contribution in [0.3, 0.4) is 0 Å². The lowest BCUT2D eigenvalue weighted by atomic mass is 10.2. The summed E-state index contributed by atoms with van der Waals surface area (Å²) in [6.07, 6.45) is 2.03. The van der Waals surface area contributed by atoms with Gasteiger partial charge in [0.15, 0.2) is 0 Å². The molecule has 2 amide bonds. The number of anilines is 2. The second kappa shape index (κ2) is 8.82. The molecule has 0 heterocycles. The lowest BCUT2D eigenvalue weighted by molar-refractivity contribution is -0.114. The number of halogens is 1. The first-order valence-electron chi connectivity index (χ1n) is 8.11. The molecule has 0 aliphatic heterocycles. The topological polar surface area (TPSA) is 67.4 Å². The Labute approximate surface area is 146 Å². The van der Waals surface area contributed by atoms with Crippen molar-refractivity contribution >= 4 is 23.2 Å². The van der Waals surface area contributed by atoms with E-state index in [9.17, 15) is 14.0 Å². The van der Waals surface area contributed by atoms with E-state index in [1.54, 1.807) is 24.3 Å². The van der Waals surface area contributed by atoms with Gasteiger partial charge >= 0.3 is 0 Å². The molecule has 0 spiro atoms. The van der Waals surface area contributed by atoms with E-state index in [1.165, 1.54) is 25.1 Å². The van der Waals surface area contributed by atoms with Gasteiger partial charge in [0.25, 0.3) is 5.91 Å². The largest absolute Gasteiger partial charge is 0.494 e. The molecule has 6 heteroatoms. The van der Waals surface area contributed by atoms with Crippen LogP contribution >= 0.6 is 0 Å². The van der Waals surface area contributed by atoms with Crippen LogP contribution in [-0.4, -0.2) is 18.4 Å².